The Bertz CT molecular complexity index is 541. The molecule has 0 bridgehead atoms. The van der Waals surface area contributed by atoms with E-state index >= 15 is 0 Å². The maximum absolute atomic E-state index is 5.94. The van der Waals surface area contributed by atoms with Crippen molar-refractivity contribution in [1.29, 1.82) is 0 Å². The minimum absolute atomic E-state index is 0.556. The van der Waals surface area contributed by atoms with E-state index in [1.165, 1.54) is 32.1 Å². The van der Waals surface area contributed by atoms with Crippen LogP contribution in [-0.2, 0) is 0 Å². The second-order valence-corrected chi connectivity index (χ2v) is 5.13. The predicted molar refractivity (Wildman–Crippen MR) is 74.3 cm³/mol. The van der Waals surface area contributed by atoms with Gasteiger partial charge in [-0.05, 0) is 31.0 Å². The van der Waals surface area contributed by atoms with E-state index in [0.717, 1.165) is 17.1 Å². The molecular formula is C16H19NO2. The first kappa shape index (κ1) is 12.3. The van der Waals surface area contributed by atoms with Gasteiger partial charge in [-0.3, -0.25) is 0 Å². The minimum atomic E-state index is 0.556. The molecule has 0 aliphatic heterocycles. The zero-order valence-electron chi connectivity index (χ0n) is 11.3. The van der Waals surface area contributed by atoms with Crippen LogP contribution in [-0.4, -0.2) is 12.1 Å². The van der Waals surface area contributed by atoms with Gasteiger partial charge in [0, 0.05) is 11.5 Å². The second-order valence-electron chi connectivity index (χ2n) is 5.13. The van der Waals surface area contributed by atoms with E-state index in [4.69, 9.17) is 9.15 Å². The zero-order valence-corrected chi connectivity index (χ0v) is 11.3. The van der Waals surface area contributed by atoms with Gasteiger partial charge >= 0.3 is 0 Å². The van der Waals surface area contributed by atoms with Crippen LogP contribution in [0.5, 0.6) is 5.75 Å². The predicted octanol–water partition coefficient (Wildman–Crippen LogP) is 4.40. The lowest BCUT2D eigenvalue weighted by Gasteiger charge is -2.18. The van der Waals surface area contributed by atoms with E-state index in [0.29, 0.717) is 11.8 Å². The fraction of sp³-hybridized carbons (Fsp3) is 0.438. The maximum Gasteiger partial charge on any atom is 0.226 e. The summed E-state index contributed by atoms with van der Waals surface area (Å²) in [7, 11) is 1.67. The summed E-state index contributed by atoms with van der Waals surface area (Å²) in [5.74, 6) is 3.12. The third kappa shape index (κ3) is 2.65. The van der Waals surface area contributed by atoms with E-state index in [9.17, 15) is 0 Å². The number of ether oxygens (including phenoxy) is 1. The van der Waals surface area contributed by atoms with Crippen LogP contribution in [0.3, 0.4) is 0 Å². The summed E-state index contributed by atoms with van der Waals surface area (Å²) >= 11 is 0. The molecular weight excluding hydrogens is 238 g/mol. The number of methoxy groups -OCH3 is 1. The number of hydrogen-bond acceptors (Lipinski definition) is 3. The molecule has 1 heterocycles. The number of hydrogen-bond donors (Lipinski definition) is 0. The van der Waals surface area contributed by atoms with Crippen LogP contribution >= 0.6 is 0 Å². The minimum Gasteiger partial charge on any atom is -0.497 e. The molecule has 1 aromatic carbocycles. The van der Waals surface area contributed by atoms with E-state index in [-0.39, 0.29) is 0 Å². The van der Waals surface area contributed by atoms with Crippen molar-refractivity contribution in [1.82, 2.24) is 4.98 Å². The van der Waals surface area contributed by atoms with Crippen molar-refractivity contribution in [2.24, 2.45) is 0 Å². The Hall–Kier alpha value is -1.77. The van der Waals surface area contributed by atoms with Crippen molar-refractivity contribution in [2.45, 2.75) is 38.0 Å². The van der Waals surface area contributed by atoms with Crippen LogP contribution in [0.4, 0.5) is 0 Å². The summed E-state index contributed by atoms with van der Waals surface area (Å²) < 4.78 is 11.2. The molecule has 3 nitrogen and oxygen atoms in total. The Labute approximate surface area is 113 Å². The highest BCUT2D eigenvalue weighted by Crippen LogP contribution is 2.34. The van der Waals surface area contributed by atoms with E-state index in [1.54, 1.807) is 7.11 Å². The summed E-state index contributed by atoms with van der Waals surface area (Å²) in [6.07, 6.45) is 8.32. The Balaban J connectivity index is 1.83. The number of oxazole rings is 1. The first-order valence-corrected chi connectivity index (χ1v) is 6.97. The quantitative estimate of drug-likeness (QED) is 0.817. The average molecular weight is 257 g/mol. The average Bonchev–Trinajstić information content (AvgIpc) is 2.98. The summed E-state index contributed by atoms with van der Waals surface area (Å²) in [5, 5.41) is 0. The van der Waals surface area contributed by atoms with Gasteiger partial charge in [0.05, 0.1) is 13.3 Å². The van der Waals surface area contributed by atoms with Crippen molar-refractivity contribution in [2.75, 3.05) is 7.11 Å². The Kier molecular flexibility index (Phi) is 3.53. The largest absolute Gasteiger partial charge is 0.497 e. The third-order valence-corrected chi connectivity index (χ3v) is 3.85. The fourth-order valence-corrected chi connectivity index (χ4v) is 2.75. The molecule has 3 rings (SSSR count). The summed E-state index contributed by atoms with van der Waals surface area (Å²) in [4.78, 5) is 4.41. The van der Waals surface area contributed by atoms with Crippen LogP contribution < -0.4 is 4.74 Å². The lowest BCUT2D eigenvalue weighted by molar-refractivity contribution is 0.378. The van der Waals surface area contributed by atoms with Crippen molar-refractivity contribution < 1.29 is 9.15 Å². The van der Waals surface area contributed by atoms with Gasteiger partial charge in [0.15, 0.2) is 0 Å². The number of aromatic nitrogens is 1. The molecule has 19 heavy (non-hydrogen) atoms. The highest BCUT2D eigenvalue weighted by molar-refractivity contribution is 5.55. The van der Waals surface area contributed by atoms with Gasteiger partial charge in [0.25, 0.3) is 0 Å². The van der Waals surface area contributed by atoms with E-state index < -0.39 is 0 Å². The molecule has 0 atom stereocenters. The molecule has 0 radical (unpaired) electrons. The topological polar surface area (TPSA) is 35.3 Å². The molecule has 0 N–H and O–H groups in total. The van der Waals surface area contributed by atoms with Gasteiger partial charge in [0.2, 0.25) is 5.89 Å². The number of nitrogens with zero attached hydrogens (tertiary/aromatic N) is 1. The highest BCUT2D eigenvalue weighted by atomic mass is 16.5. The lowest BCUT2D eigenvalue weighted by Crippen LogP contribution is -2.02. The van der Waals surface area contributed by atoms with Crippen molar-refractivity contribution in [3.05, 3.63) is 36.2 Å². The SMILES string of the molecule is COc1cccc(-c2ncc(C3CCCCC3)o2)c1. The number of benzene rings is 1. The standard InChI is InChI=1S/C16H19NO2/c1-18-14-9-5-8-13(10-14)16-17-11-15(19-16)12-6-3-2-4-7-12/h5,8-12H,2-4,6-7H2,1H3. The van der Waals surface area contributed by atoms with Crippen LogP contribution in [0.2, 0.25) is 0 Å². The molecule has 1 fully saturated rings. The van der Waals surface area contributed by atoms with Crippen LogP contribution in [0, 0.1) is 0 Å². The molecule has 1 aliphatic carbocycles. The first-order valence-electron chi connectivity index (χ1n) is 6.97. The normalized spacial score (nSPS) is 16.5. The molecule has 3 heteroatoms. The molecule has 1 aliphatic rings. The van der Waals surface area contributed by atoms with Gasteiger partial charge < -0.3 is 9.15 Å². The molecule has 1 saturated carbocycles. The fourth-order valence-electron chi connectivity index (χ4n) is 2.75. The van der Waals surface area contributed by atoms with E-state index in [1.807, 2.05) is 30.5 Å². The second kappa shape index (κ2) is 5.47. The van der Waals surface area contributed by atoms with Gasteiger partial charge in [-0.25, -0.2) is 4.98 Å². The summed E-state index contributed by atoms with van der Waals surface area (Å²) in [5.41, 5.74) is 0.974. The van der Waals surface area contributed by atoms with Gasteiger partial charge in [-0.15, -0.1) is 0 Å². The van der Waals surface area contributed by atoms with Crippen molar-refractivity contribution in [3.63, 3.8) is 0 Å². The molecule has 0 spiro atoms. The first-order chi connectivity index (χ1) is 9.36. The van der Waals surface area contributed by atoms with Crippen LogP contribution in [0.25, 0.3) is 11.5 Å². The molecule has 100 valence electrons. The summed E-state index contributed by atoms with van der Waals surface area (Å²) in [6.45, 7) is 0. The molecule has 1 aromatic heterocycles. The number of rotatable bonds is 3. The molecule has 0 saturated heterocycles. The highest BCUT2D eigenvalue weighted by Gasteiger charge is 2.19. The smallest absolute Gasteiger partial charge is 0.226 e. The molecule has 2 aromatic rings. The lowest BCUT2D eigenvalue weighted by atomic mass is 9.88. The van der Waals surface area contributed by atoms with Gasteiger partial charge in [-0.1, -0.05) is 25.3 Å². The molecule has 0 unspecified atom stereocenters. The Morgan fingerprint density at radius 2 is 2.05 bits per heavy atom. The van der Waals surface area contributed by atoms with E-state index in [2.05, 4.69) is 4.98 Å². The zero-order chi connectivity index (χ0) is 13.1. The van der Waals surface area contributed by atoms with Crippen LogP contribution in [0.15, 0.2) is 34.9 Å². The molecule has 0 amide bonds. The summed E-state index contributed by atoms with van der Waals surface area (Å²) in [6, 6.07) is 7.84. The monoisotopic (exact) mass is 257 g/mol. The van der Waals surface area contributed by atoms with Gasteiger partial charge in [0.1, 0.15) is 11.5 Å². The Morgan fingerprint density at radius 3 is 2.84 bits per heavy atom. The third-order valence-electron chi connectivity index (χ3n) is 3.85. The van der Waals surface area contributed by atoms with Crippen LogP contribution in [0.1, 0.15) is 43.8 Å². The van der Waals surface area contributed by atoms with Gasteiger partial charge in [-0.2, -0.15) is 0 Å². The Morgan fingerprint density at radius 1 is 1.21 bits per heavy atom. The maximum atomic E-state index is 5.94. The van der Waals surface area contributed by atoms with Crippen molar-refractivity contribution in [3.8, 4) is 17.2 Å². The van der Waals surface area contributed by atoms with Crippen molar-refractivity contribution >= 4 is 0 Å².